The van der Waals surface area contributed by atoms with Crippen molar-refractivity contribution in [3.63, 3.8) is 0 Å². The average Bonchev–Trinajstić information content (AvgIpc) is 2.84. The summed E-state index contributed by atoms with van der Waals surface area (Å²) in [5.41, 5.74) is 3.49. The van der Waals surface area contributed by atoms with E-state index in [4.69, 9.17) is 9.72 Å². The Morgan fingerprint density at radius 3 is 2.74 bits per heavy atom. The first-order valence-corrected chi connectivity index (χ1v) is 10.9. The summed E-state index contributed by atoms with van der Waals surface area (Å²) >= 11 is 0. The number of aromatic nitrogens is 3. The summed E-state index contributed by atoms with van der Waals surface area (Å²) in [5.74, 6) is 1.41. The molecule has 1 saturated heterocycles. The van der Waals surface area contributed by atoms with Gasteiger partial charge in [-0.05, 0) is 55.5 Å². The molecule has 0 spiro atoms. The van der Waals surface area contributed by atoms with E-state index >= 15 is 0 Å². The Labute approximate surface area is 183 Å². The van der Waals surface area contributed by atoms with Gasteiger partial charge in [-0.25, -0.2) is 9.97 Å². The number of para-hydroxylation sites is 1. The zero-order valence-electron chi connectivity index (χ0n) is 18.1. The predicted octanol–water partition coefficient (Wildman–Crippen LogP) is 4.87. The summed E-state index contributed by atoms with van der Waals surface area (Å²) < 4.78 is 5.46. The Balaban J connectivity index is 1.78. The normalized spacial score (nSPS) is 16.2. The molecule has 1 unspecified atom stereocenters. The van der Waals surface area contributed by atoms with Gasteiger partial charge in [0.1, 0.15) is 11.6 Å². The first-order chi connectivity index (χ1) is 15.2. The third-order valence-electron chi connectivity index (χ3n) is 5.75. The van der Waals surface area contributed by atoms with Crippen molar-refractivity contribution in [3.8, 4) is 16.9 Å². The first kappa shape index (κ1) is 21.0. The van der Waals surface area contributed by atoms with E-state index in [1.54, 1.807) is 19.5 Å². The zero-order chi connectivity index (χ0) is 21.6. The molecule has 160 valence electrons. The number of benzene rings is 1. The summed E-state index contributed by atoms with van der Waals surface area (Å²) in [5, 5.41) is 0. The minimum Gasteiger partial charge on any atom is -0.496 e. The molecule has 31 heavy (non-hydrogen) atoms. The Morgan fingerprint density at radius 1 is 1.16 bits per heavy atom. The number of carbonyl (C=O) groups is 1. The van der Waals surface area contributed by atoms with Gasteiger partial charge < -0.3 is 9.64 Å². The number of rotatable bonds is 6. The Kier molecular flexibility index (Phi) is 6.55. The summed E-state index contributed by atoms with van der Waals surface area (Å²) in [7, 11) is 1.60. The quantitative estimate of drug-likeness (QED) is 0.574. The third-order valence-corrected chi connectivity index (χ3v) is 5.75. The van der Waals surface area contributed by atoms with Crippen molar-refractivity contribution in [2.45, 2.75) is 45.1 Å². The van der Waals surface area contributed by atoms with Crippen molar-refractivity contribution >= 4 is 5.91 Å². The van der Waals surface area contributed by atoms with E-state index in [-0.39, 0.29) is 11.9 Å². The fourth-order valence-corrected chi connectivity index (χ4v) is 4.22. The van der Waals surface area contributed by atoms with E-state index in [2.05, 4.69) is 16.9 Å². The van der Waals surface area contributed by atoms with Crippen LogP contribution in [0.1, 0.15) is 60.5 Å². The van der Waals surface area contributed by atoms with Crippen LogP contribution in [0.4, 0.5) is 0 Å². The second-order valence-electron chi connectivity index (χ2n) is 7.78. The molecule has 2 aromatic heterocycles. The minimum atomic E-state index is -0.104. The number of amides is 1. The highest BCUT2D eigenvalue weighted by molar-refractivity contribution is 5.97. The van der Waals surface area contributed by atoms with Gasteiger partial charge in [0.15, 0.2) is 0 Å². The lowest BCUT2D eigenvalue weighted by Crippen LogP contribution is -2.39. The second-order valence-corrected chi connectivity index (χ2v) is 7.78. The molecular weight excluding hydrogens is 388 g/mol. The van der Waals surface area contributed by atoms with Crippen molar-refractivity contribution in [2.24, 2.45) is 0 Å². The van der Waals surface area contributed by atoms with Crippen molar-refractivity contribution < 1.29 is 9.53 Å². The smallest absolute Gasteiger partial charge is 0.258 e. The van der Waals surface area contributed by atoms with Crippen LogP contribution >= 0.6 is 0 Å². The SMILES string of the molecule is CCCc1ncc(-c2ccncc2)c(C2CCCCN2C(=O)c2ccccc2OC)n1. The van der Waals surface area contributed by atoms with Crippen LogP contribution in [-0.2, 0) is 6.42 Å². The van der Waals surface area contributed by atoms with Crippen LogP contribution in [0.25, 0.3) is 11.1 Å². The molecule has 1 fully saturated rings. The van der Waals surface area contributed by atoms with E-state index in [1.807, 2.05) is 47.5 Å². The standard InChI is InChI=1S/C25H28N4O2/c1-3-8-23-27-17-20(18-12-14-26-15-13-18)24(28-23)21-10-6-7-16-29(21)25(30)19-9-4-5-11-22(19)31-2/h4-5,9,11-15,17,21H,3,6-8,10,16H2,1-2H3. The van der Waals surface area contributed by atoms with Crippen LogP contribution in [0, 0.1) is 0 Å². The van der Waals surface area contributed by atoms with E-state index in [0.717, 1.165) is 54.7 Å². The molecule has 0 radical (unpaired) electrons. The number of likely N-dealkylation sites (tertiary alicyclic amines) is 1. The molecule has 1 aliphatic rings. The molecular formula is C25H28N4O2. The lowest BCUT2D eigenvalue weighted by molar-refractivity contribution is 0.0603. The van der Waals surface area contributed by atoms with Gasteiger partial charge in [0, 0.05) is 37.1 Å². The van der Waals surface area contributed by atoms with Crippen LogP contribution in [0.15, 0.2) is 55.0 Å². The van der Waals surface area contributed by atoms with Gasteiger partial charge in [-0.1, -0.05) is 19.1 Å². The van der Waals surface area contributed by atoms with Gasteiger partial charge in [-0.3, -0.25) is 9.78 Å². The number of aryl methyl sites for hydroxylation is 1. The number of pyridine rings is 1. The molecule has 4 rings (SSSR count). The molecule has 6 heteroatoms. The average molecular weight is 417 g/mol. The van der Waals surface area contributed by atoms with Gasteiger partial charge in [0.25, 0.3) is 5.91 Å². The maximum Gasteiger partial charge on any atom is 0.258 e. The molecule has 3 heterocycles. The summed E-state index contributed by atoms with van der Waals surface area (Å²) in [6, 6.07) is 11.3. The number of hydrogen-bond donors (Lipinski definition) is 0. The zero-order valence-corrected chi connectivity index (χ0v) is 18.1. The van der Waals surface area contributed by atoms with Gasteiger partial charge in [0.05, 0.1) is 24.4 Å². The molecule has 1 aromatic carbocycles. The number of piperidine rings is 1. The van der Waals surface area contributed by atoms with Crippen LogP contribution in [-0.4, -0.2) is 39.4 Å². The monoisotopic (exact) mass is 416 g/mol. The summed E-state index contributed by atoms with van der Waals surface area (Å²) in [6.07, 6.45) is 10.2. The lowest BCUT2D eigenvalue weighted by atomic mass is 9.93. The molecule has 0 bridgehead atoms. The highest BCUT2D eigenvalue weighted by Gasteiger charge is 2.33. The highest BCUT2D eigenvalue weighted by Crippen LogP contribution is 2.37. The van der Waals surface area contributed by atoms with Gasteiger partial charge in [0.2, 0.25) is 0 Å². The van der Waals surface area contributed by atoms with Crippen molar-refractivity contribution in [3.05, 3.63) is 72.1 Å². The maximum absolute atomic E-state index is 13.6. The Hall–Kier alpha value is -3.28. The van der Waals surface area contributed by atoms with Crippen LogP contribution in [0.2, 0.25) is 0 Å². The van der Waals surface area contributed by atoms with Crippen LogP contribution in [0.5, 0.6) is 5.75 Å². The fraction of sp³-hybridized carbons (Fsp3) is 0.360. The van der Waals surface area contributed by atoms with Crippen LogP contribution < -0.4 is 4.74 Å². The predicted molar refractivity (Wildman–Crippen MR) is 120 cm³/mol. The fourth-order valence-electron chi connectivity index (χ4n) is 4.22. The van der Waals surface area contributed by atoms with E-state index in [9.17, 15) is 4.79 Å². The summed E-state index contributed by atoms with van der Waals surface area (Å²) in [4.78, 5) is 29.3. The molecule has 0 saturated carbocycles. The van der Waals surface area contributed by atoms with Crippen LogP contribution in [0.3, 0.4) is 0 Å². The van der Waals surface area contributed by atoms with E-state index in [0.29, 0.717) is 17.9 Å². The van der Waals surface area contributed by atoms with Crippen molar-refractivity contribution in [1.82, 2.24) is 19.9 Å². The number of ether oxygens (including phenoxy) is 1. The number of methoxy groups -OCH3 is 1. The van der Waals surface area contributed by atoms with Gasteiger partial charge >= 0.3 is 0 Å². The van der Waals surface area contributed by atoms with E-state index in [1.165, 1.54) is 0 Å². The van der Waals surface area contributed by atoms with Crippen molar-refractivity contribution in [1.29, 1.82) is 0 Å². The highest BCUT2D eigenvalue weighted by atomic mass is 16.5. The van der Waals surface area contributed by atoms with Gasteiger partial charge in [-0.2, -0.15) is 0 Å². The molecule has 0 aliphatic carbocycles. The number of nitrogens with zero attached hydrogens (tertiary/aromatic N) is 4. The largest absolute Gasteiger partial charge is 0.496 e. The van der Waals surface area contributed by atoms with Gasteiger partial charge in [-0.15, -0.1) is 0 Å². The molecule has 1 atom stereocenters. The molecule has 1 amide bonds. The van der Waals surface area contributed by atoms with E-state index < -0.39 is 0 Å². The molecule has 3 aromatic rings. The minimum absolute atomic E-state index is 0.0153. The number of carbonyl (C=O) groups excluding carboxylic acids is 1. The Morgan fingerprint density at radius 2 is 1.97 bits per heavy atom. The summed E-state index contributed by atoms with van der Waals surface area (Å²) in [6.45, 7) is 2.82. The Bertz CT molecular complexity index is 1040. The lowest BCUT2D eigenvalue weighted by Gasteiger charge is -2.36. The second kappa shape index (κ2) is 9.69. The molecule has 1 aliphatic heterocycles. The van der Waals surface area contributed by atoms with Crippen molar-refractivity contribution in [2.75, 3.05) is 13.7 Å². The first-order valence-electron chi connectivity index (χ1n) is 10.9. The topological polar surface area (TPSA) is 68.2 Å². The molecule has 0 N–H and O–H groups in total. The molecule has 6 nitrogen and oxygen atoms in total. The number of hydrogen-bond acceptors (Lipinski definition) is 5. The maximum atomic E-state index is 13.6. The third kappa shape index (κ3) is 4.43.